The molecule has 0 atom stereocenters. The fourth-order valence-corrected chi connectivity index (χ4v) is 3.88. The molecule has 1 heterocycles. The van der Waals surface area contributed by atoms with Gasteiger partial charge >= 0.3 is 0 Å². The van der Waals surface area contributed by atoms with Crippen LogP contribution in [0.1, 0.15) is 0 Å². The first kappa shape index (κ1) is 15.4. The predicted octanol–water partition coefficient (Wildman–Crippen LogP) is 2.97. The second-order valence-electron chi connectivity index (χ2n) is 3.77. The van der Waals surface area contributed by atoms with Crippen molar-refractivity contribution in [2.75, 3.05) is 10.5 Å². The molecule has 0 spiro atoms. The second kappa shape index (κ2) is 5.82. The maximum absolute atomic E-state index is 13.0. The van der Waals surface area contributed by atoms with Gasteiger partial charge in [0.2, 0.25) is 0 Å². The lowest BCUT2D eigenvalue weighted by Gasteiger charge is -2.11. The molecule has 0 fully saturated rings. The number of aromatic nitrogens is 1. The van der Waals surface area contributed by atoms with Gasteiger partial charge < -0.3 is 5.73 Å². The van der Waals surface area contributed by atoms with E-state index < -0.39 is 15.8 Å². The molecule has 1 aromatic heterocycles. The van der Waals surface area contributed by atoms with E-state index in [1.165, 1.54) is 30.5 Å². The Balaban J connectivity index is 2.43. The third-order valence-corrected chi connectivity index (χ3v) is 5.03. The number of benzene rings is 1. The molecule has 0 saturated heterocycles. The fourth-order valence-electron chi connectivity index (χ4n) is 1.42. The average Bonchev–Trinajstić information content (AvgIpc) is 2.35. The zero-order chi connectivity index (χ0) is 14.9. The molecule has 0 radical (unpaired) electrons. The van der Waals surface area contributed by atoms with Crippen molar-refractivity contribution in [3.63, 3.8) is 0 Å². The molecule has 0 aliphatic heterocycles. The Hall–Kier alpha value is -0.940. The Morgan fingerprint density at radius 3 is 2.70 bits per heavy atom. The number of sulfonamides is 1. The van der Waals surface area contributed by atoms with Crippen molar-refractivity contribution in [1.82, 2.24) is 4.98 Å². The molecule has 1 aromatic carbocycles. The lowest BCUT2D eigenvalue weighted by Crippen LogP contribution is -2.16. The van der Waals surface area contributed by atoms with Gasteiger partial charge in [-0.1, -0.05) is 0 Å². The lowest BCUT2D eigenvalue weighted by atomic mass is 10.3. The van der Waals surface area contributed by atoms with E-state index in [0.717, 1.165) is 0 Å². The van der Waals surface area contributed by atoms with Crippen molar-refractivity contribution in [2.45, 2.75) is 4.90 Å². The van der Waals surface area contributed by atoms with Crippen LogP contribution in [0.15, 0.2) is 39.8 Å². The third kappa shape index (κ3) is 3.38. The van der Waals surface area contributed by atoms with Crippen LogP contribution in [0.25, 0.3) is 0 Å². The molecule has 9 heteroatoms. The SMILES string of the molecule is Nc1ncc(Br)cc1S(=O)(=O)Nc1ccc(F)cc1I. The number of nitrogens with one attached hydrogen (secondary N) is 1. The smallest absolute Gasteiger partial charge is 0.265 e. The van der Waals surface area contributed by atoms with E-state index in [1.807, 2.05) is 22.6 Å². The van der Waals surface area contributed by atoms with E-state index in [-0.39, 0.29) is 16.4 Å². The van der Waals surface area contributed by atoms with Gasteiger partial charge in [-0.15, -0.1) is 0 Å². The summed E-state index contributed by atoms with van der Waals surface area (Å²) < 4.78 is 40.8. The Kier molecular flexibility index (Phi) is 4.49. The van der Waals surface area contributed by atoms with Gasteiger partial charge in [-0.2, -0.15) is 0 Å². The topological polar surface area (TPSA) is 85.1 Å². The minimum atomic E-state index is -3.90. The van der Waals surface area contributed by atoms with Crippen molar-refractivity contribution in [3.05, 3.63) is 44.3 Å². The van der Waals surface area contributed by atoms with Crippen molar-refractivity contribution >= 4 is 60.0 Å². The zero-order valence-corrected chi connectivity index (χ0v) is 14.3. The van der Waals surface area contributed by atoms with E-state index in [2.05, 4.69) is 25.6 Å². The lowest BCUT2D eigenvalue weighted by molar-refractivity contribution is 0.601. The summed E-state index contributed by atoms with van der Waals surface area (Å²) in [6, 6.07) is 5.08. The first-order valence-electron chi connectivity index (χ1n) is 5.18. The van der Waals surface area contributed by atoms with Crippen LogP contribution < -0.4 is 10.5 Å². The summed E-state index contributed by atoms with van der Waals surface area (Å²) in [5, 5.41) is 0. The highest BCUT2D eigenvalue weighted by atomic mass is 127. The average molecular weight is 472 g/mol. The number of pyridine rings is 1. The Morgan fingerprint density at radius 1 is 1.35 bits per heavy atom. The van der Waals surface area contributed by atoms with Crippen molar-refractivity contribution in [3.8, 4) is 0 Å². The second-order valence-corrected chi connectivity index (χ2v) is 7.50. The van der Waals surface area contributed by atoms with Gasteiger partial charge in [0.15, 0.2) is 0 Å². The van der Waals surface area contributed by atoms with Crippen LogP contribution in [0.4, 0.5) is 15.9 Å². The van der Waals surface area contributed by atoms with E-state index in [4.69, 9.17) is 5.73 Å². The van der Waals surface area contributed by atoms with E-state index in [0.29, 0.717) is 8.04 Å². The number of hydrogen-bond acceptors (Lipinski definition) is 4. The van der Waals surface area contributed by atoms with Crippen molar-refractivity contribution in [1.29, 1.82) is 0 Å². The molecule has 0 saturated carbocycles. The van der Waals surface area contributed by atoms with Gasteiger partial charge in [0.1, 0.15) is 16.5 Å². The highest BCUT2D eigenvalue weighted by Crippen LogP contribution is 2.26. The number of nitrogens with zero attached hydrogens (tertiary/aromatic N) is 1. The Morgan fingerprint density at radius 2 is 2.05 bits per heavy atom. The largest absolute Gasteiger partial charge is 0.383 e. The van der Waals surface area contributed by atoms with E-state index >= 15 is 0 Å². The summed E-state index contributed by atoms with van der Waals surface area (Å²) >= 11 is 4.97. The summed E-state index contributed by atoms with van der Waals surface area (Å²) in [7, 11) is -3.90. The highest BCUT2D eigenvalue weighted by Gasteiger charge is 2.20. The van der Waals surface area contributed by atoms with E-state index in [9.17, 15) is 12.8 Å². The molecule has 2 aromatic rings. The summed E-state index contributed by atoms with van der Waals surface area (Å²) in [4.78, 5) is 3.63. The number of nitrogen functional groups attached to an aromatic ring is 1. The van der Waals surface area contributed by atoms with Gasteiger partial charge in [-0.3, -0.25) is 4.72 Å². The molecule has 2 rings (SSSR count). The van der Waals surface area contributed by atoms with Crippen molar-refractivity contribution in [2.24, 2.45) is 0 Å². The number of halogens is 3. The van der Waals surface area contributed by atoms with Gasteiger partial charge in [0, 0.05) is 14.2 Å². The molecule has 0 aliphatic carbocycles. The summed E-state index contributed by atoms with van der Waals surface area (Å²) in [5.74, 6) is -0.557. The molecule has 3 N–H and O–H groups in total. The molecule has 20 heavy (non-hydrogen) atoms. The molecular weight excluding hydrogens is 464 g/mol. The maximum Gasteiger partial charge on any atom is 0.265 e. The summed E-state index contributed by atoms with van der Waals surface area (Å²) in [5.41, 5.74) is 5.85. The molecule has 0 bridgehead atoms. The molecule has 106 valence electrons. The standard InChI is InChI=1S/C11H8BrFIN3O2S/c12-6-3-10(11(15)16-5-6)20(18,19)17-9-2-1-7(13)4-8(9)14/h1-5,17H,(H2,15,16). The van der Waals surface area contributed by atoms with Crippen LogP contribution in [0.5, 0.6) is 0 Å². The molecule has 0 aliphatic rings. The van der Waals surface area contributed by atoms with E-state index in [1.54, 1.807) is 0 Å². The number of nitrogens with two attached hydrogens (primary N) is 1. The first-order valence-corrected chi connectivity index (χ1v) is 8.54. The zero-order valence-electron chi connectivity index (χ0n) is 9.77. The number of hydrogen-bond donors (Lipinski definition) is 2. The van der Waals surface area contributed by atoms with Crippen LogP contribution in [0, 0.1) is 9.39 Å². The van der Waals surface area contributed by atoms with Crippen LogP contribution in [-0.2, 0) is 10.0 Å². The van der Waals surface area contributed by atoms with Gasteiger partial charge in [0.05, 0.1) is 5.69 Å². The minimum absolute atomic E-state index is 0.113. The molecule has 5 nitrogen and oxygen atoms in total. The summed E-state index contributed by atoms with van der Waals surface area (Å²) in [6.07, 6.45) is 1.40. The Labute approximate surface area is 137 Å². The molecular formula is C11H8BrFIN3O2S. The first-order chi connectivity index (χ1) is 9.29. The normalized spacial score (nSPS) is 11.3. The van der Waals surface area contributed by atoms with Crippen LogP contribution in [0.3, 0.4) is 0 Å². The number of rotatable bonds is 3. The molecule has 0 amide bonds. The van der Waals surface area contributed by atoms with Gasteiger partial charge in [-0.05, 0) is 62.8 Å². The quantitative estimate of drug-likeness (QED) is 0.674. The third-order valence-electron chi connectivity index (χ3n) is 2.31. The summed E-state index contributed by atoms with van der Waals surface area (Å²) in [6.45, 7) is 0. The highest BCUT2D eigenvalue weighted by molar-refractivity contribution is 14.1. The van der Waals surface area contributed by atoms with Gasteiger partial charge in [0.25, 0.3) is 10.0 Å². The minimum Gasteiger partial charge on any atom is -0.383 e. The maximum atomic E-state index is 13.0. The monoisotopic (exact) mass is 471 g/mol. The van der Waals surface area contributed by atoms with Crippen LogP contribution in [0.2, 0.25) is 0 Å². The van der Waals surface area contributed by atoms with Crippen LogP contribution >= 0.6 is 38.5 Å². The fraction of sp³-hybridized carbons (Fsp3) is 0. The van der Waals surface area contributed by atoms with Gasteiger partial charge in [-0.25, -0.2) is 17.8 Å². The van der Waals surface area contributed by atoms with Crippen molar-refractivity contribution < 1.29 is 12.8 Å². The number of anilines is 2. The Bertz CT molecular complexity index is 770. The van der Waals surface area contributed by atoms with Crippen LogP contribution in [-0.4, -0.2) is 13.4 Å². The molecule has 0 unspecified atom stereocenters. The predicted molar refractivity (Wildman–Crippen MR) is 86.3 cm³/mol.